The van der Waals surface area contributed by atoms with E-state index in [0.717, 1.165) is 21.2 Å². The Labute approximate surface area is 177 Å². The molecule has 2 aromatic rings. The maximum atomic E-state index is 13.4. The number of imide groups is 1. The van der Waals surface area contributed by atoms with Gasteiger partial charge in [-0.15, -0.1) is 0 Å². The molecule has 1 fully saturated rings. The van der Waals surface area contributed by atoms with Crippen LogP contribution in [0.4, 0.5) is 4.79 Å². The summed E-state index contributed by atoms with van der Waals surface area (Å²) in [6, 6.07) is 11.5. The van der Waals surface area contributed by atoms with Gasteiger partial charge in [0.2, 0.25) is 0 Å². The van der Waals surface area contributed by atoms with Gasteiger partial charge in [-0.25, -0.2) is 14.5 Å². The second-order valence-electron chi connectivity index (χ2n) is 8.57. The molecule has 3 unspecified atom stereocenters. The molecule has 3 rings (SSSR count). The van der Waals surface area contributed by atoms with E-state index >= 15 is 0 Å². The Kier molecular flexibility index (Phi) is 6.44. The highest BCUT2D eigenvalue weighted by Gasteiger charge is 2.51. The van der Waals surface area contributed by atoms with Gasteiger partial charge in [-0.2, -0.15) is 0 Å². The number of benzene rings is 2. The molecule has 2 aromatic carbocycles. The maximum Gasteiger partial charge on any atom is 0.328 e. The molecule has 1 N–H and O–H groups in total. The summed E-state index contributed by atoms with van der Waals surface area (Å²) in [5.41, 5.74) is 0.945. The lowest BCUT2D eigenvalue weighted by Crippen LogP contribution is -2.46. The van der Waals surface area contributed by atoms with Crippen molar-refractivity contribution in [2.75, 3.05) is 0 Å². The van der Waals surface area contributed by atoms with Gasteiger partial charge in [0, 0.05) is 6.54 Å². The molecule has 1 heterocycles. The third-order valence-corrected chi connectivity index (χ3v) is 5.97. The highest BCUT2D eigenvalue weighted by Crippen LogP contribution is 2.32. The number of hydrogen-bond donors (Lipinski definition) is 1. The number of carboxylic acid groups (broad SMARTS) is 1. The minimum atomic E-state index is -1.14. The van der Waals surface area contributed by atoms with Crippen molar-refractivity contribution in [1.82, 2.24) is 9.80 Å². The van der Waals surface area contributed by atoms with E-state index in [0.29, 0.717) is 6.42 Å². The number of carboxylic acids is 1. The number of rotatable bonds is 8. The Bertz CT molecular complexity index is 950. The fourth-order valence-electron chi connectivity index (χ4n) is 4.23. The van der Waals surface area contributed by atoms with Crippen molar-refractivity contribution < 1.29 is 19.5 Å². The van der Waals surface area contributed by atoms with Crippen molar-refractivity contribution in [2.45, 2.75) is 59.2 Å². The summed E-state index contributed by atoms with van der Waals surface area (Å²) >= 11 is 0. The van der Waals surface area contributed by atoms with E-state index in [1.165, 1.54) is 0 Å². The topological polar surface area (TPSA) is 77.9 Å². The molecule has 6 nitrogen and oxygen atoms in total. The van der Waals surface area contributed by atoms with Gasteiger partial charge in [-0.05, 0) is 34.6 Å². The summed E-state index contributed by atoms with van der Waals surface area (Å²) in [5.74, 6) is -1.57. The number of urea groups is 1. The molecule has 3 amide bonds. The van der Waals surface area contributed by atoms with Crippen molar-refractivity contribution in [3.63, 3.8) is 0 Å². The van der Waals surface area contributed by atoms with Crippen molar-refractivity contribution in [3.8, 4) is 0 Å². The predicted molar refractivity (Wildman–Crippen MR) is 116 cm³/mol. The molecule has 30 heavy (non-hydrogen) atoms. The zero-order chi connectivity index (χ0) is 22.0. The van der Waals surface area contributed by atoms with Gasteiger partial charge in [-0.3, -0.25) is 4.79 Å². The van der Waals surface area contributed by atoms with Crippen LogP contribution < -0.4 is 0 Å². The van der Waals surface area contributed by atoms with Crippen LogP contribution in [0.1, 0.15) is 46.1 Å². The Morgan fingerprint density at radius 1 is 1.07 bits per heavy atom. The number of carbonyl (C=O) groups excluding carboxylic acids is 2. The summed E-state index contributed by atoms with van der Waals surface area (Å²) in [6.45, 7) is 7.96. The first-order chi connectivity index (χ1) is 14.3. The van der Waals surface area contributed by atoms with E-state index in [-0.39, 0.29) is 24.8 Å². The second kappa shape index (κ2) is 8.86. The van der Waals surface area contributed by atoms with Crippen LogP contribution >= 0.6 is 0 Å². The van der Waals surface area contributed by atoms with E-state index in [1.54, 1.807) is 4.90 Å². The molecule has 0 bridgehead atoms. The first-order valence-corrected chi connectivity index (χ1v) is 10.6. The second-order valence-corrected chi connectivity index (χ2v) is 8.57. The molecule has 0 saturated carbocycles. The number of aliphatic carboxylic acids is 1. The molecule has 0 aromatic heterocycles. The molecule has 0 spiro atoms. The summed E-state index contributed by atoms with van der Waals surface area (Å²) in [7, 11) is 0. The largest absolute Gasteiger partial charge is 0.480 e. The van der Waals surface area contributed by atoms with Gasteiger partial charge in [0.05, 0.1) is 0 Å². The number of hydrogen-bond acceptors (Lipinski definition) is 3. The predicted octanol–water partition coefficient (Wildman–Crippen LogP) is 4.52. The van der Waals surface area contributed by atoms with Gasteiger partial charge in [0.25, 0.3) is 5.91 Å². The van der Waals surface area contributed by atoms with Gasteiger partial charge in [-0.1, -0.05) is 76.6 Å². The van der Waals surface area contributed by atoms with Crippen LogP contribution in [0.15, 0.2) is 42.5 Å². The number of amides is 3. The van der Waals surface area contributed by atoms with Crippen molar-refractivity contribution in [2.24, 2.45) is 11.8 Å². The molecule has 1 aliphatic heterocycles. The lowest BCUT2D eigenvalue weighted by atomic mass is 9.96. The molecular weight excluding hydrogens is 380 g/mol. The summed E-state index contributed by atoms with van der Waals surface area (Å²) in [5, 5.41) is 11.8. The summed E-state index contributed by atoms with van der Waals surface area (Å²) in [4.78, 5) is 41.2. The Morgan fingerprint density at radius 3 is 2.37 bits per heavy atom. The molecule has 160 valence electrons. The quantitative estimate of drug-likeness (QED) is 0.649. The van der Waals surface area contributed by atoms with Crippen LogP contribution in [-0.4, -0.2) is 44.9 Å². The van der Waals surface area contributed by atoms with Crippen LogP contribution in [0.5, 0.6) is 0 Å². The van der Waals surface area contributed by atoms with Crippen LogP contribution in [0, 0.1) is 11.8 Å². The van der Waals surface area contributed by atoms with Gasteiger partial charge >= 0.3 is 12.0 Å². The van der Waals surface area contributed by atoms with E-state index < -0.39 is 30.0 Å². The SMILES string of the molecule is CCC(C)C1C(=O)N(C(CC(C)C)C(=O)O)C(=O)N1Cc1cccc2ccccc12. The Hall–Kier alpha value is -2.89. The van der Waals surface area contributed by atoms with Gasteiger partial charge in [0.1, 0.15) is 12.1 Å². The highest BCUT2D eigenvalue weighted by molar-refractivity contribution is 6.07. The molecule has 3 atom stereocenters. The molecule has 1 saturated heterocycles. The van der Waals surface area contributed by atoms with Crippen molar-refractivity contribution >= 4 is 28.7 Å². The van der Waals surface area contributed by atoms with Gasteiger partial charge in [0.15, 0.2) is 0 Å². The summed E-state index contributed by atoms with van der Waals surface area (Å²) < 4.78 is 0. The van der Waals surface area contributed by atoms with E-state index in [9.17, 15) is 19.5 Å². The van der Waals surface area contributed by atoms with E-state index in [2.05, 4.69) is 0 Å². The van der Waals surface area contributed by atoms with E-state index in [1.807, 2.05) is 70.2 Å². The highest BCUT2D eigenvalue weighted by atomic mass is 16.4. The smallest absolute Gasteiger partial charge is 0.328 e. The zero-order valence-corrected chi connectivity index (χ0v) is 18.0. The number of nitrogens with zero attached hydrogens (tertiary/aromatic N) is 2. The van der Waals surface area contributed by atoms with Crippen LogP contribution in [0.3, 0.4) is 0 Å². The minimum absolute atomic E-state index is 0.0425. The number of fused-ring (bicyclic) bond motifs is 1. The first kappa shape index (κ1) is 21.8. The standard InChI is InChI=1S/C24H30N2O4/c1-5-16(4)21-22(27)26(20(23(28)29)13-15(2)3)24(30)25(21)14-18-11-8-10-17-9-6-7-12-19(17)18/h6-12,15-16,20-21H,5,13-14H2,1-4H3,(H,28,29). The molecule has 0 aliphatic carbocycles. The third kappa shape index (κ3) is 4.04. The van der Waals surface area contributed by atoms with Gasteiger partial charge < -0.3 is 10.0 Å². The third-order valence-electron chi connectivity index (χ3n) is 5.97. The fraction of sp³-hybridized carbons (Fsp3) is 0.458. The average molecular weight is 411 g/mol. The molecule has 0 radical (unpaired) electrons. The van der Waals surface area contributed by atoms with Crippen LogP contribution in [0.2, 0.25) is 0 Å². The number of carbonyl (C=O) groups is 3. The molecule has 1 aliphatic rings. The fourth-order valence-corrected chi connectivity index (χ4v) is 4.23. The Balaban J connectivity index is 2.01. The lowest BCUT2D eigenvalue weighted by Gasteiger charge is -2.26. The van der Waals surface area contributed by atoms with E-state index in [4.69, 9.17) is 0 Å². The van der Waals surface area contributed by atoms with Crippen molar-refractivity contribution in [3.05, 3.63) is 48.0 Å². The normalized spacial score (nSPS) is 19.0. The van der Waals surface area contributed by atoms with Crippen LogP contribution in [0.25, 0.3) is 10.8 Å². The average Bonchev–Trinajstić information content (AvgIpc) is 2.95. The Morgan fingerprint density at radius 2 is 1.73 bits per heavy atom. The molecule has 6 heteroatoms. The lowest BCUT2D eigenvalue weighted by molar-refractivity contribution is -0.147. The monoisotopic (exact) mass is 410 g/mol. The van der Waals surface area contributed by atoms with Crippen LogP contribution in [-0.2, 0) is 16.1 Å². The molecular formula is C24H30N2O4. The minimum Gasteiger partial charge on any atom is -0.480 e. The maximum absolute atomic E-state index is 13.4. The zero-order valence-electron chi connectivity index (χ0n) is 18.0. The van der Waals surface area contributed by atoms with Crippen molar-refractivity contribution in [1.29, 1.82) is 0 Å². The summed E-state index contributed by atoms with van der Waals surface area (Å²) in [6.07, 6.45) is 0.952. The first-order valence-electron chi connectivity index (χ1n) is 10.6.